The van der Waals surface area contributed by atoms with E-state index in [1.807, 2.05) is 13.8 Å². The highest BCUT2D eigenvalue weighted by Gasteiger charge is 2.31. The highest BCUT2D eigenvalue weighted by Crippen LogP contribution is 2.27. The number of carbonyl (C=O) groups excluding carboxylic acids is 1. The number of benzene rings is 1. The van der Waals surface area contributed by atoms with Gasteiger partial charge in [0.15, 0.2) is 9.84 Å². The van der Waals surface area contributed by atoms with E-state index < -0.39 is 21.0 Å². The lowest BCUT2D eigenvalue weighted by Gasteiger charge is -2.17. The molecule has 20 heavy (non-hydrogen) atoms. The van der Waals surface area contributed by atoms with Gasteiger partial charge in [-0.25, -0.2) is 8.42 Å². The Bertz CT molecular complexity index is 602. The number of anilines is 1. The number of hydrogen-bond acceptors (Lipinski definition) is 4. The summed E-state index contributed by atoms with van der Waals surface area (Å²) in [5.41, 5.74) is 5.90. The molecule has 0 fully saturated rings. The first kappa shape index (κ1) is 16.8. The highest BCUT2D eigenvalue weighted by molar-refractivity contribution is 7.92. The fraction of sp³-hybridized carbons (Fsp3) is 0.462. The fourth-order valence-electron chi connectivity index (χ4n) is 1.54. The first-order valence-corrected chi connectivity index (χ1v) is 8.21. The molecule has 0 radical (unpaired) electrons. The maximum atomic E-state index is 12.4. The maximum absolute atomic E-state index is 12.4. The van der Waals surface area contributed by atoms with Crippen molar-refractivity contribution in [3.05, 3.63) is 23.2 Å². The number of halogens is 1. The number of rotatable bonds is 5. The van der Waals surface area contributed by atoms with E-state index in [9.17, 15) is 13.2 Å². The van der Waals surface area contributed by atoms with Crippen LogP contribution < -0.4 is 11.1 Å². The van der Waals surface area contributed by atoms with E-state index in [1.165, 1.54) is 25.1 Å². The van der Waals surface area contributed by atoms with E-state index in [0.29, 0.717) is 5.69 Å². The molecular weight excluding hydrogens is 300 g/mol. The van der Waals surface area contributed by atoms with Gasteiger partial charge in [-0.2, -0.15) is 0 Å². The summed E-state index contributed by atoms with van der Waals surface area (Å²) < 4.78 is 24.8. The van der Waals surface area contributed by atoms with Gasteiger partial charge in [0, 0.05) is 11.7 Å². The molecule has 1 aromatic carbocycles. The molecule has 0 heterocycles. The average molecular weight is 319 g/mol. The lowest BCUT2D eigenvalue weighted by Crippen LogP contribution is -2.42. The Kier molecular flexibility index (Phi) is 5.42. The van der Waals surface area contributed by atoms with Crippen LogP contribution in [0.5, 0.6) is 0 Å². The van der Waals surface area contributed by atoms with Gasteiger partial charge in [0.05, 0.1) is 9.92 Å². The van der Waals surface area contributed by atoms with Gasteiger partial charge in [-0.05, 0) is 38.5 Å². The Labute approximate surface area is 124 Å². The second kappa shape index (κ2) is 6.45. The molecule has 3 N–H and O–H groups in total. The Morgan fingerprint density at radius 2 is 2.00 bits per heavy atom. The Morgan fingerprint density at radius 3 is 2.50 bits per heavy atom. The molecule has 7 heteroatoms. The number of sulfone groups is 1. The van der Waals surface area contributed by atoms with Crippen molar-refractivity contribution in [1.29, 1.82) is 0 Å². The maximum Gasteiger partial charge on any atom is 0.238 e. The van der Waals surface area contributed by atoms with Crippen LogP contribution in [-0.4, -0.2) is 25.6 Å². The molecule has 0 aliphatic heterocycles. The number of carbonyl (C=O) groups is 1. The Morgan fingerprint density at radius 1 is 1.40 bits per heavy atom. The van der Waals surface area contributed by atoms with Crippen molar-refractivity contribution in [2.45, 2.75) is 43.4 Å². The molecular formula is C13H19ClN2O3S. The molecule has 112 valence electrons. The van der Waals surface area contributed by atoms with E-state index in [0.717, 1.165) is 6.42 Å². The van der Waals surface area contributed by atoms with Gasteiger partial charge in [-0.15, -0.1) is 0 Å². The molecule has 2 atom stereocenters. The van der Waals surface area contributed by atoms with Crippen LogP contribution in [0.4, 0.5) is 5.69 Å². The van der Waals surface area contributed by atoms with Crippen LogP contribution in [0, 0.1) is 0 Å². The Hall–Kier alpha value is -1.27. The number of nitrogen functional groups attached to an aromatic ring is 1. The first-order valence-electron chi connectivity index (χ1n) is 6.29. The highest BCUT2D eigenvalue weighted by atomic mass is 35.5. The minimum Gasteiger partial charge on any atom is -0.399 e. The van der Waals surface area contributed by atoms with Crippen LogP contribution in [0.2, 0.25) is 5.02 Å². The molecule has 0 saturated heterocycles. The lowest BCUT2D eigenvalue weighted by molar-refractivity contribution is -0.121. The predicted octanol–water partition coefficient (Wildman–Crippen LogP) is 2.00. The van der Waals surface area contributed by atoms with Crippen LogP contribution in [0.15, 0.2) is 23.1 Å². The first-order chi connectivity index (χ1) is 9.20. The van der Waals surface area contributed by atoms with Crippen molar-refractivity contribution in [3.8, 4) is 0 Å². The fourth-order valence-corrected chi connectivity index (χ4v) is 3.37. The zero-order valence-corrected chi connectivity index (χ0v) is 13.3. The van der Waals surface area contributed by atoms with E-state index in [1.54, 1.807) is 0 Å². The average Bonchev–Trinajstić information content (AvgIpc) is 2.36. The minimum absolute atomic E-state index is 0.0215. The monoisotopic (exact) mass is 318 g/mol. The van der Waals surface area contributed by atoms with Crippen molar-refractivity contribution in [2.24, 2.45) is 0 Å². The molecule has 1 rings (SSSR count). The van der Waals surface area contributed by atoms with E-state index >= 15 is 0 Å². The van der Waals surface area contributed by atoms with Crippen molar-refractivity contribution in [2.75, 3.05) is 5.73 Å². The summed E-state index contributed by atoms with van der Waals surface area (Å²) in [4.78, 5) is 11.9. The molecule has 0 aliphatic carbocycles. The summed E-state index contributed by atoms with van der Waals surface area (Å²) in [6, 6.07) is 4.04. The molecule has 1 aromatic rings. The van der Waals surface area contributed by atoms with Crippen LogP contribution >= 0.6 is 11.6 Å². The summed E-state index contributed by atoms with van der Waals surface area (Å²) in [6.07, 6.45) is 0.723. The summed E-state index contributed by atoms with van der Waals surface area (Å²) >= 11 is 5.90. The summed E-state index contributed by atoms with van der Waals surface area (Å²) in [7, 11) is -3.84. The number of amides is 1. The summed E-state index contributed by atoms with van der Waals surface area (Å²) in [5.74, 6) is -0.535. The topological polar surface area (TPSA) is 89.3 Å². The van der Waals surface area contributed by atoms with Crippen molar-refractivity contribution in [1.82, 2.24) is 5.32 Å². The van der Waals surface area contributed by atoms with Crippen molar-refractivity contribution < 1.29 is 13.2 Å². The van der Waals surface area contributed by atoms with Gasteiger partial charge < -0.3 is 11.1 Å². The standard InChI is InChI=1S/C13H19ClN2O3S/c1-4-8(2)16-13(17)9(3)20(18,19)12-6-5-10(15)7-11(12)14/h5-9H,4,15H2,1-3H3,(H,16,17). The number of nitrogens with two attached hydrogens (primary N) is 1. The van der Waals surface area contributed by atoms with Gasteiger partial charge in [-0.1, -0.05) is 18.5 Å². The SMILES string of the molecule is CCC(C)NC(=O)C(C)S(=O)(=O)c1ccc(N)cc1Cl. The van der Waals surface area contributed by atoms with E-state index in [4.69, 9.17) is 17.3 Å². The van der Waals surface area contributed by atoms with Gasteiger partial charge >= 0.3 is 0 Å². The molecule has 1 amide bonds. The molecule has 0 saturated carbocycles. The van der Waals surface area contributed by atoms with E-state index in [-0.39, 0.29) is 16.0 Å². The zero-order chi connectivity index (χ0) is 15.5. The number of hydrogen-bond donors (Lipinski definition) is 2. The number of nitrogens with one attached hydrogen (secondary N) is 1. The molecule has 0 spiro atoms. The van der Waals surface area contributed by atoms with Crippen LogP contribution in [0.1, 0.15) is 27.2 Å². The van der Waals surface area contributed by atoms with Crippen LogP contribution in [-0.2, 0) is 14.6 Å². The predicted molar refractivity (Wildman–Crippen MR) is 80.4 cm³/mol. The van der Waals surface area contributed by atoms with Gasteiger partial charge in [0.25, 0.3) is 0 Å². The van der Waals surface area contributed by atoms with Crippen molar-refractivity contribution in [3.63, 3.8) is 0 Å². The third-order valence-corrected chi connectivity index (χ3v) is 5.64. The smallest absolute Gasteiger partial charge is 0.238 e. The second-order valence-corrected chi connectivity index (χ2v) is 7.34. The third-order valence-electron chi connectivity index (χ3n) is 3.10. The second-order valence-electron chi connectivity index (χ2n) is 4.69. The lowest BCUT2D eigenvalue weighted by atomic mass is 10.2. The molecule has 5 nitrogen and oxygen atoms in total. The van der Waals surface area contributed by atoms with Crippen LogP contribution in [0.25, 0.3) is 0 Å². The van der Waals surface area contributed by atoms with Crippen LogP contribution in [0.3, 0.4) is 0 Å². The largest absolute Gasteiger partial charge is 0.399 e. The van der Waals surface area contributed by atoms with Gasteiger partial charge in [0.2, 0.25) is 5.91 Å². The van der Waals surface area contributed by atoms with Crippen molar-refractivity contribution >= 4 is 33.0 Å². The summed E-state index contributed by atoms with van der Waals surface area (Å²) in [6.45, 7) is 5.06. The molecule has 0 aromatic heterocycles. The zero-order valence-electron chi connectivity index (χ0n) is 11.7. The van der Waals surface area contributed by atoms with E-state index in [2.05, 4.69) is 5.32 Å². The molecule has 2 unspecified atom stereocenters. The van der Waals surface area contributed by atoms with Gasteiger partial charge in [0.1, 0.15) is 5.25 Å². The minimum atomic E-state index is -3.84. The Balaban J connectivity index is 3.07. The molecule has 0 aliphatic rings. The molecule has 0 bridgehead atoms. The third kappa shape index (κ3) is 3.64. The normalized spacial score (nSPS) is 14.6. The van der Waals surface area contributed by atoms with Gasteiger partial charge in [-0.3, -0.25) is 4.79 Å². The quantitative estimate of drug-likeness (QED) is 0.813. The summed E-state index contributed by atoms with van der Waals surface area (Å²) in [5, 5.41) is 1.46.